The van der Waals surface area contributed by atoms with Gasteiger partial charge in [-0.15, -0.1) is 0 Å². The number of aryl methyl sites for hydroxylation is 2. The molecule has 1 aromatic carbocycles. The van der Waals surface area contributed by atoms with Crippen LogP contribution in [0.4, 0.5) is 0 Å². The monoisotopic (exact) mass is 340 g/mol. The molecule has 1 aliphatic heterocycles. The molecule has 3 atom stereocenters. The van der Waals surface area contributed by atoms with Gasteiger partial charge in [-0.25, -0.2) is 0 Å². The molecular formula is C20H28N4O. The van der Waals surface area contributed by atoms with Gasteiger partial charge in [-0.1, -0.05) is 37.3 Å². The Kier molecular flexibility index (Phi) is 4.95. The van der Waals surface area contributed by atoms with Crippen LogP contribution in [0.2, 0.25) is 0 Å². The summed E-state index contributed by atoms with van der Waals surface area (Å²) in [5.41, 5.74) is 10.8. The highest BCUT2D eigenvalue weighted by Gasteiger charge is 2.36. The molecule has 25 heavy (non-hydrogen) atoms. The zero-order valence-corrected chi connectivity index (χ0v) is 15.6. The summed E-state index contributed by atoms with van der Waals surface area (Å²) in [6, 6.07) is 9.71. The first-order chi connectivity index (χ1) is 11.9. The molecule has 3 unspecified atom stereocenters. The standard InChI is InChI=1S/C20H28N4O/c1-13(19(21)16-9-6-5-7-10-16)20(25)24-12-8-11-17(24)18-14(2)22-23(4)15(18)3/h5-7,9-10,13,17,19H,8,11-12,21H2,1-4H3. The van der Waals surface area contributed by atoms with Gasteiger partial charge in [0.1, 0.15) is 0 Å². The third kappa shape index (κ3) is 3.21. The zero-order chi connectivity index (χ0) is 18.1. The Balaban J connectivity index is 1.83. The predicted octanol–water partition coefficient (Wildman–Crippen LogP) is 3.04. The molecule has 0 aliphatic carbocycles. The second kappa shape index (κ2) is 7.00. The topological polar surface area (TPSA) is 64.2 Å². The summed E-state index contributed by atoms with van der Waals surface area (Å²) < 4.78 is 1.91. The van der Waals surface area contributed by atoms with Crippen molar-refractivity contribution in [1.82, 2.24) is 14.7 Å². The highest BCUT2D eigenvalue weighted by Crippen LogP contribution is 2.37. The minimum absolute atomic E-state index is 0.117. The Morgan fingerprint density at radius 1 is 1.28 bits per heavy atom. The highest BCUT2D eigenvalue weighted by atomic mass is 16.2. The SMILES string of the molecule is Cc1nn(C)c(C)c1C1CCCN1C(=O)C(C)C(N)c1ccccc1. The minimum Gasteiger partial charge on any atom is -0.335 e. The number of aromatic nitrogens is 2. The van der Waals surface area contributed by atoms with Crippen LogP contribution in [0.5, 0.6) is 0 Å². The van der Waals surface area contributed by atoms with E-state index >= 15 is 0 Å². The first-order valence-electron chi connectivity index (χ1n) is 9.03. The van der Waals surface area contributed by atoms with Crippen LogP contribution in [0, 0.1) is 19.8 Å². The molecule has 134 valence electrons. The summed E-state index contributed by atoms with van der Waals surface area (Å²) in [6.45, 7) is 6.85. The van der Waals surface area contributed by atoms with Gasteiger partial charge < -0.3 is 10.6 Å². The quantitative estimate of drug-likeness (QED) is 0.930. The second-order valence-corrected chi connectivity index (χ2v) is 7.12. The number of hydrogen-bond acceptors (Lipinski definition) is 3. The van der Waals surface area contributed by atoms with E-state index < -0.39 is 0 Å². The predicted molar refractivity (Wildman–Crippen MR) is 98.9 cm³/mol. The molecule has 0 spiro atoms. The van der Waals surface area contributed by atoms with Gasteiger partial charge in [0, 0.05) is 30.9 Å². The van der Waals surface area contributed by atoms with Crippen LogP contribution < -0.4 is 5.73 Å². The molecule has 3 rings (SSSR count). The molecular weight excluding hydrogens is 312 g/mol. The third-order valence-corrected chi connectivity index (χ3v) is 5.55. The summed E-state index contributed by atoms with van der Waals surface area (Å²) in [4.78, 5) is 15.2. The molecule has 1 aromatic heterocycles. The van der Waals surface area contributed by atoms with Gasteiger partial charge >= 0.3 is 0 Å². The van der Waals surface area contributed by atoms with E-state index in [2.05, 4.69) is 12.0 Å². The van der Waals surface area contributed by atoms with Crippen molar-refractivity contribution in [3.63, 3.8) is 0 Å². The summed E-state index contributed by atoms with van der Waals surface area (Å²) >= 11 is 0. The molecule has 0 bridgehead atoms. The number of rotatable bonds is 4. The molecule has 2 N–H and O–H groups in total. The van der Waals surface area contributed by atoms with Crippen LogP contribution in [0.1, 0.15) is 54.4 Å². The number of hydrogen-bond donors (Lipinski definition) is 1. The Labute approximate surface area is 149 Å². The van der Waals surface area contributed by atoms with Gasteiger partial charge in [0.2, 0.25) is 5.91 Å². The van der Waals surface area contributed by atoms with Crippen molar-refractivity contribution in [3.05, 3.63) is 52.8 Å². The number of likely N-dealkylation sites (tertiary alicyclic amines) is 1. The Morgan fingerprint density at radius 2 is 1.96 bits per heavy atom. The number of carbonyl (C=O) groups is 1. The van der Waals surface area contributed by atoms with E-state index in [1.807, 2.05) is 60.8 Å². The third-order valence-electron chi connectivity index (χ3n) is 5.55. The van der Waals surface area contributed by atoms with Crippen LogP contribution in [-0.4, -0.2) is 27.1 Å². The van der Waals surface area contributed by atoms with Crippen LogP contribution in [0.3, 0.4) is 0 Å². The van der Waals surface area contributed by atoms with Crippen LogP contribution in [0.15, 0.2) is 30.3 Å². The van der Waals surface area contributed by atoms with E-state index in [1.165, 1.54) is 5.56 Å². The molecule has 0 radical (unpaired) electrons. The van der Waals surface area contributed by atoms with E-state index in [0.717, 1.165) is 36.3 Å². The average Bonchev–Trinajstić information content (AvgIpc) is 3.18. The lowest BCUT2D eigenvalue weighted by molar-refractivity contribution is -0.136. The van der Waals surface area contributed by atoms with E-state index in [1.54, 1.807) is 0 Å². The zero-order valence-electron chi connectivity index (χ0n) is 15.6. The fourth-order valence-electron chi connectivity index (χ4n) is 3.98. The van der Waals surface area contributed by atoms with Crippen molar-refractivity contribution in [2.75, 3.05) is 6.54 Å². The van der Waals surface area contributed by atoms with Crippen molar-refractivity contribution in [2.45, 2.75) is 45.7 Å². The molecule has 2 heterocycles. The Bertz CT molecular complexity index is 753. The smallest absolute Gasteiger partial charge is 0.227 e. The average molecular weight is 340 g/mol. The van der Waals surface area contributed by atoms with E-state index in [4.69, 9.17) is 5.73 Å². The van der Waals surface area contributed by atoms with E-state index in [0.29, 0.717) is 0 Å². The fourth-order valence-corrected chi connectivity index (χ4v) is 3.98. The molecule has 1 aliphatic rings. The number of amides is 1. The van der Waals surface area contributed by atoms with E-state index in [9.17, 15) is 4.79 Å². The van der Waals surface area contributed by atoms with Crippen molar-refractivity contribution in [3.8, 4) is 0 Å². The van der Waals surface area contributed by atoms with Gasteiger partial charge in [-0.2, -0.15) is 5.10 Å². The maximum absolute atomic E-state index is 13.2. The second-order valence-electron chi connectivity index (χ2n) is 7.12. The fraction of sp³-hybridized carbons (Fsp3) is 0.500. The number of carbonyl (C=O) groups excluding carboxylic acids is 1. The normalized spacial score (nSPS) is 19.9. The molecule has 1 fully saturated rings. The van der Waals surface area contributed by atoms with Crippen molar-refractivity contribution in [1.29, 1.82) is 0 Å². The Hall–Kier alpha value is -2.14. The lowest BCUT2D eigenvalue weighted by atomic mass is 9.93. The van der Waals surface area contributed by atoms with Crippen molar-refractivity contribution >= 4 is 5.91 Å². The van der Waals surface area contributed by atoms with Crippen LogP contribution >= 0.6 is 0 Å². The molecule has 0 saturated carbocycles. The molecule has 5 heteroatoms. The molecule has 1 saturated heterocycles. The molecule has 1 amide bonds. The first kappa shape index (κ1) is 17.7. The van der Waals surface area contributed by atoms with Gasteiger partial charge in [0.25, 0.3) is 0 Å². The maximum atomic E-state index is 13.2. The summed E-state index contributed by atoms with van der Waals surface area (Å²) in [7, 11) is 1.96. The highest BCUT2D eigenvalue weighted by molar-refractivity contribution is 5.80. The summed E-state index contributed by atoms with van der Waals surface area (Å²) in [5.74, 6) is -0.109. The number of nitrogens with two attached hydrogens (primary N) is 1. The van der Waals surface area contributed by atoms with Crippen molar-refractivity contribution in [2.24, 2.45) is 18.7 Å². The lowest BCUT2D eigenvalue weighted by Gasteiger charge is -2.30. The number of benzene rings is 1. The van der Waals surface area contributed by atoms with Gasteiger partial charge in [-0.3, -0.25) is 9.48 Å². The first-order valence-corrected chi connectivity index (χ1v) is 9.03. The number of nitrogens with zero attached hydrogens (tertiary/aromatic N) is 3. The Morgan fingerprint density at radius 3 is 2.56 bits per heavy atom. The van der Waals surface area contributed by atoms with E-state index in [-0.39, 0.29) is 23.9 Å². The van der Waals surface area contributed by atoms with Gasteiger partial charge in [0.05, 0.1) is 17.7 Å². The largest absolute Gasteiger partial charge is 0.335 e. The molecule has 2 aromatic rings. The van der Waals surface area contributed by atoms with Gasteiger partial charge in [-0.05, 0) is 32.3 Å². The maximum Gasteiger partial charge on any atom is 0.227 e. The lowest BCUT2D eigenvalue weighted by Crippen LogP contribution is -2.39. The van der Waals surface area contributed by atoms with Crippen LogP contribution in [-0.2, 0) is 11.8 Å². The van der Waals surface area contributed by atoms with Gasteiger partial charge in [0.15, 0.2) is 0 Å². The van der Waals surface area contributed by atoms with Crippen LogP contribution in [0.25, 0.3) is 0 Å². The summed E-state index contributed by atoms with van der Waals surface area (Å²) in [5, 5.41) is 4.53. The summed E-state index contributed by atoms with van der Waals surface area (Å²) in [6.07, 6.45) is 2.02. The van der Waals surface area contributed by atoms with Crippen molar-refractivity contribution < 1.29 is 4.79 Å². The molecule has 5 nitrogen and oxygen atoms in total. The minimum atomic E-state index is -0.286.